The van der Waals surface area contributed by atoms with Crippen molar-refractivity contribution in [2.75, 3.05) is 5.73 Å². The van der Waals surface area contributed by atoms with E-state index in [1.165, 1.54) is 0 Å². The molecular weight excluding hydrogens is 223 g/mol. The Morgan fingerprint density at radius 2 is 2.25 bits per heavy atom. The van der Waals surface area contributed by atoms with E-state index >= 15 is 0 Å². The summed E-state index contributed by atoms with van der Waals surface area (Å²) in [7, 11) is 0. The van der Waals surface area contributed by atoms with Gasteiger partial charge in [-0.15, -0.1) is 0 Å². The first-order valence-electron chi connectivity index (χ1n) is 3.26. The van der Waals surface area contributed by atoms with E-state index in [0.29, 0.717) is 10.0 Å². The molecule has 62 valence electrons. The van der Waals surface area contributed by atoms with Crippen molar-refractivity contribution >= 4 is 21.6 Å². The lowest BCUT2D eigenvalue weighted by atomic mass is 10.1. The number of anilines is 1. The molecule has 4 heteroatoms. The van der Waals surface area contributed by atoms with Crippen LogP contribution in [0.3, 0.4) is 0 Å². The lowest BCUT2D eigenvalue weighted by Gasteiger charge is -2.02. The van der Waals surface area contributed by atoms with Crippen LogP contribution < -0.4 is 5.73 Å². The predicted octanol–water partition coefficient (Wildman–Crippen LogP) is 2.24. The molecule has 0 heterocycles. The van der Waals surface area contributed by atoms with Gasteiger partial charge in [0.1, 0.15) is 0 Å². The average molecular weight is 229 g/mol. The molecule has 0 aliphatic rings. The Kier molecular flexibility index (Phi) is 2.66. The summed E-state index contributed by atoms with van der Waals surface area (Å²) in [6.07, 6.45) is 0.0450. The van der Waals surface area contributed by atoms with Crippen LogP contribution in [-0.2, 0) is 6.42 Å². The van der Waals surface area contributed by atoms with Gasteiger partial charge in [-0.25, -0.2) is 4.39 Å². The minimum atomic E-state index is -0.508. The Hall–Kier alpha value is -1.08. The highest BCUT2D eigenvalue weighted by Crippen LogP contribution is 2.24. The first kappa shape index (κ1) is 9.01. The smallest absolute Gasteiger partial charge is 0.151 e. The molecule has 1 rings (SSSR count). The van der Waals surface area contributed by atoms with E-state index < -0.39 is 5.82 Å². The number of nitrogen functional groups attached to an aromatic ring is 1. The van der Waals surface area contributed by atoms with Gasteiger partial charge in [-0.1, -0.05) is 6.07 Å². The molecule has 12 heavy (non-hydrogen) atoms. The van der Waals surface area contributed by atoms with Crippen LogP contribution in [0.5, 0.6) is 0 Å². The standard InChI is InChI=1S/C8H6BrFN2/c9-6-2-1-5(3-4-11)7(10)8(6)12/h1-2H,3,12H2. The topological polar surface area (TPSA) is 49.8 Å². The van der Waals surface area contributed by atoms with Gasteiger partial charge in [-0.3, -0.25) is 0 Å². The maximum Gasteiger partial charge on any atom is 0.151 e. The molecule has 0 atom stereocenters. The van der Waals surface area contributed by atoms with Crippen LogP contribution in [0.25, 0.3) is 0 Å². The number of nitrogens with two attached hydrogens (primary N) is 1. The van der Waals surface area contributed by atoms with E-state index in [4.69, 9.17) is 11.0 Å². The fraction of sp³-hybridized carbons (Fsp3) is 0.125. The normalized spacial score (nSPS) is 9.42. The van der Waals surface area contributed by atoms with Crippen LogP contribution in [0.2, 0.25) is 0 Å². The van der Waals surface area contributed by atoms with E-state index in [9.17, 15) is 4.39 Å². The molecule has 1 aromatic carbocycles. The summed E-state index contributed by atoms with van der Waals surface area (Å²) in [5.41, 5.74) is 5.77. The van der Waals surface area contributed by atoms with Gasteiger partial charge in [-0.05, 0) is 22.0 Å². The number of rotatable bonds is 1. The van der Waals surface area contributed by atoms with Crippen molar-refractivity contribution in [3.63, 3.8) is 0 Å². The summed E-state index contributed by atoms with van der Waals surface area (Å²) in [4.78, 5) is 0. The summed E-state index contributed by atoms with van der Waals surface area (Å²) < 4.78 is 13.7. The second-order valence-electron chi connectivity index (χ2n) is 2.27. The molecule has 1 aromatic rings. The summed E-state index contributed by atoms with van der Waals surface area (Å²) in [6.45, 7) is 0. The summed E-state index contributed by atoms with van der Waals surface area (Å²) in [6, 6.07) is 5.03. The molecule has 0 amide bonds. The van der Waals surface area contributed by atoms with Crippen LogP contribution in [0.4, 0.5) is 10.1 Å². The van der Waals surface area contributed by atoms with Gasteiger partial charge in [0.25, 0.3) is 0 Å². The molecule has 0 spiro atoms. The highest BCUT2D eigenvalue weighted by Gasteiger charge is 2.07. The van der Waals surface area contributed by atoms with Crippen LogP contribution in [0, 0.1) is 17.1 Å². The molecular formula is C8H6BrFN2. The zero-order valence-electron chi connectivity index (χ0n) is 6.14. The molecule has 0 aliphatic heterocycles. The molecule has 0 bridgehead atoms. The number of hydrogen-bond donors (Lipinski definition) is 1. The summed E-state index contributed by atoms with van der Waals surface area (Å²) in [5.74, 6) is -0.508. The molecule has 0 aromatic heterocycles. The van der Waals surface area contributed by atoms with Gasteiger partial charge in [-0.2, -0.15) is 5.26 Å². The van der Waals surface area contributed by atoms with Crippen molar-refractivity contribution in [1.82, 2.24) is 0 Å². The predicted molar refractivity (Wildman–Crippen MR) is 47.8 cm³/mol. The fourth-order valence-corrected chi connectivity index (χ4v) is 1.14. The third kappa shape index (κ3) is 1.56. The van der Waals surface area contributed by atoms with Crippen molar-refractivity contribution in [2.45, 2.75) is 6.42 Å². The third-order valence-electron chi connectivity index (χ3n) is 1.48. The minimum absolute atomic E-state index is 0.0450. The number of benzene rings is 1. The quantitative estimate of drug-likeness (QED) is 0.750. The average Bonchev–Trinajstić information content (AvgIpc) is 2.07. The molecule has 2 nitrogen and oxygen atoms in total. The van der Waals surface area contributed by atoms with E-state index in [2.05, 4.69) is 15.9 Å². The maximum atomic E-state index is 13.1. The van der Waals surface area contributed by atoms with Crippen molar-refractivity contribution in [1.29, 1.82) is 5.26 Å². The molecule has 0 saturated heterocycles. The molecule has 2 N–H and O–H groups in total. The Morgan fingerprint density at radius 1 is 1.58 bits per heavy atom. The zero-order valence-corrected chi connectivity index (χ0v) is 7.73. The zero-order chi connectivity index (χ0) is 9.14. The molecule has 0 radical (unpaired) electrons. The van der Waals surface area contributed by atoms with Gasteiger partial charge in [0.05, 0.1) is 18.2 Å². The van der Waals surface area contributed by atoms with E-state index in [0.717, 1.165) is 0 Å². The largest absolute Gasteiger partial charge is 0.395 e. The van der Waals surface area contributed by atoms with Crippen LogP contribution in [0.15, 0.2) is 16.6 Å². The first-order chi connectivity index (χ1) is 5.66. The molecule has 0 saturated carbocycles. The number of nitrogens with zero attached hydrogens (tertiary/aromatic N) is 1. The van der Waals surface area contributed by atoms with Gasteiger partial charge in [0.15, 0.2) is 5.82 Å². The Balaban J connectivity index is 3.19. The first-order valence-corrected chi connectivity index (χ1v) is 4.05. The van der Waals surface area contributed by atoms with Gasteiger partial charge in [0.2, 0.25) is 0 Å². The van der Waals surface area contributed by atoms with E-state index in [-0.39, 0.29) is 12.1 Å². The van der Waals surface area contributed by atoms with Crippen LogP contribution >= 0.6 is 15.9 Å². The number of hydrogen-bond acceptors (Lipinski definition) is 2. The van der Waals surface area contributed by atoms with Crippen molar-refractivity contribution in [3.05, 3.63) is 28.0 Å². The molecule has 0 unspecified atom stereocenters. The monoisotopic (exact) mass is 228 g/mol. The molecule has 0 fully saturated rings. The summed E-state index contributed by atoms with van der Waals surface area (Å²) in [5, 5.41) is 8.34. The summed E-state index contributed by atoms with van der Waals surface area (Å²) >= 11 is 3.08. The van der Waals surface area contributed by atoms with Crippen LogP contribution in [0.1, 0.15) is 5.56 Å². The fourth-order valence-electron chi connectivity index (χ4n) is 0.836. The highest BCUT2D eigenvalue weighted by atomic mass is 79.9. The Labute approximate surface area is 77.9 Å². The Bertz CT molecular complexity index is 344. The van der Waals surface area contributed by atoms with Crippen molar-refractivity contribution < 1.29 is 4.39 Å². The number of halogens is 2. The van der Waals surface area contributed by atoms with Gasteiger partial charge < -0.3 is 5.73 Å². The maximum absolute atomic E-state index is 13.1. The van der Waals surface area contributed by atoms with Crippen LogP contribution in [-0.4, -0.2) is 0 Å². The second-order valence-corrected chi connectivity index (χ2v) is 3.12. The minimum Gasteiger partial charge on any atom is -0.395 e. The van der Waals surface area contributed by atoms with Gasteiger partial charge in [0, 0.05) is 10.0 Å². The van der Waals surface area contributed by atoms with Gasteiger partial charge >= 0.3 is 0 Å². The van der Waals surface area contributed by atoms with Crippen molar-refractivity contribution in [2.24, 2.45) is 0 Å². The second kappa shape index (κ2) is 3.55. The molecule has 0 aliphatic carbocycles. The van der Waals surface area contributed by atoms with E-state index in [1.807, 2.05) is 6.07 Å². The van der Waals surface area contributed by atoms with E-state index in [1.54, 1.807) is 12.1 Å². The SMILES string of the molecule is N#CCc1ccc(Br)c(N)c1F. The number of nitriles is 1. The van der Waals surface area contributed by atoms with Crippen molar-refractivity contribution in [3.8, 4) is 6.07 Å². The lowest BCUT2D eigenvalue weighted by molar-refractivity contribution is 0.619. The Morgan fingerprint density at radius 3 is 2.83 bits per heavy atom. The lowest BCUT2D eigenvalue weighted by Crippen LogP contribution is -1.97. The third-order valence-corrected chi connectivity index (χ3v) is 2.17. The highest BCUT2D eigenvalue weighted by molar-refractivity contribution is 9.10.